The Bertz CT molecular complexity index is 295. The second kappa shape index (κ2) is 12.2. The highest BCUT2D eigenvalue weighted by Crippen LogP contribution is 2.37. The molecule has 0 saturated carbocycles. The van der Waals surface area contributed by atoms with Crippen molar-refractivity contribution in [3.63, 3.8) is 0 Å². The van der Waals surface area contributed by atoms with Gasteiger partial charge in [0.05, 0.1) is 0 Å². The molecule has 0 aliphatic rings. The van der Waals surface area contributed by atoms with Crippen LogP contribution in [0.4, 0.5) is 0 Å². The molecular weight excluding hydrogens is 300 g/mol. The molecule has 0 rings (SSSR count). The molecule has 3 heteroatoms. The van der Waals surface area contributed by atoms with Crippen molar-refractivity contribution in [2.24, 2.45) is 0 Å². The standard InChI is InChI=1S/C20H42O2Si/c1-7-8-9-10-11-12-13-14-15-16-17-19(18-21)22-23(5,6)20(2,3)4/h18-19H,7-17H2,1-6H3/t19-/m0/s1. The maximum Gasteiger partial charge on any atom is 0.193 e. The molecule has 138 valence electrons. The minimum atomic E-state index is -1.82. The van der Waals surface area contributed by atoms with Gasteiger partial charge in [0.1, 0.15) is 12.4 Å². The Balaban J connectivity index is 3.71. The van der Waals surface area contributed by atoms with Crippen LogP contribution in [0.5, 0.6) is 0 Å². The van der Waals surface area contributed by atoms with Crippen molar-refractivity contribution < 1.29 is 9.22 Å². The van der Waals surface area contributed by atoms with Crippen LogP contribution in [-0.2, 0) is 9.22 Å². The molecule has 0 aromatic heterocycles. The first-order valence-electron chi connectivity index (χ1n) is 9.87. The van der Waals surface area contributed by atoms with Crippen LogP contribution in [0.2, 0.25) is 18.1 Å². The Kier molecular flexibility index (Phi) is 12.2. The van der Waals surface area contributed by atoms with Gasteiger partial charge >= 0.3 is 0 Å². The van der Waals surface area contributed by atoms with Crippen molar-refractivity contribution in [1.29, 1.82) is 0 Å². The number of aldehydes is 1. The molecule has 2 nitrogen and oxygen atoms in total. The lowest BCUT2D eigenvalue weighted by Crippen LogP contribution is -2.44. The Hall–Kier alpha value is -0.153. The molecule has 0 radical (unpaired) electrons. The van der Waals surface area contributed by atoms with Gasteiger partial charge < -0.3 is 9.22 Å². The van der Waals surface area contributed by atoms with E-state index in [1.54, 1.807) is 0 Å². The van der Waals surface area contributed by atoms with E-state index in [2.05, 4.69) is 40.8 Å². The molecule has 0 aliphatic heterocycles. The van der Waals surface area contributed by atoms with E-state index in [9.17, 15) is 4.79 Å². The van der Waals surface area contributed by atoms with E-state index >= 15 is 0 Å². The SMILES string of the molecule is CCCCCCCCCCCC[C@@H](C=O)O[Si](C)(C)C(C)(C)C. The number of hydrogen-bond donors (Lipinski definition) is 0. The van der Waals surface area contributed by atoms with Gasteiger partial charge in [-0.1, -0.05) is 91.9 Å². The highest BCUT2D eigenvalue weighted by molar-refractivity contribution is 6.74. The number of unbranched alkanes of at least 4 members (excludes halogenated alkanes) is 9. The molecule has 0 aromatic carbocycles. The molecule has 1 atom stereocenters. The first-order chi connectivity index (χ1) is 10.7. The van der Waals surface area contributed by atoms with Crippen molar-refractivity contribution >= 4 is 14.6 Å². The number of rotatable bonds is 14. The van der Waals surface area contributed by atoms with Crippen LogP contribution in [0.1, 0.15) is 98.3 Å². The summed E-state index contributed by atoms with van der Waals surface area (Å²) in [5, 5.41) is 0.173. The molecule has 0 amide bonds. The monoisotopic (exact) mass is 342 g/mol. The first kappa shape index (κ1) is 22.8. The van der Waals surface area contributed by atoms with Gasteiger partial charge in [-0.05, 0) is 24.6 Å². The first-order valence-corrected chi connectivity index (χ1v) is 12.8. The summed E-state index contributed by atoms with van der Waals surface area (Å²) in [7, 11) is -1.82. The third-order valence-electron chi connectivity index (χ3n) is 5.25. The van der Waals surface area contributed by atoms with Crippen molar-refractivity contribution in [3.05, 3.63) is 0 Å². The molecular formula is C20H42O2Si. The number of carbonyl (C=O) groups excluding carboxylic acids is 1. The average Bonchev–Trinajstić information content (AvgIpc) is 2.46. The maximum atomic E-state index is 11.3. The minimum absolute atomic E-state index is 0.173. The molecule has 0 fully saturated rings. The van der Waals surface area contributed by atoms with E-state index in [0.29, 0.717) is 0 Å². The van der Waals surface area contributed by atoms with Gasteiger partial charge in [-0.15, -0.1) is 0 Å². The average molecular weight is 343 g/mol. The summed E-state index contributed by atoms with van der Waals surface area (Å²) < 4.78 is 6.20. The van der Waals surface area contributed by atoms with Gasteiger partial charge in [0.2, 0.25) is 0 Å². The van der Waals surface area contributed by atoms with Gasteiger partial charge in [0.25, 0.3) is 0 Å². The van der Waals surface area contributed by atoms with Crippen molar-refractivity contribution in [3.8, 4) is 0 Å². The van der Waals surface area contributed by atoms with E-state index in [1.807, 2.05) is 0 Å². The van der Waals surface area contributed by atoms with Gasteiger partial charge in [-0.2, -0.15) is 0 Å². The van der Waals surface area contributed by atoms with E-state index in [1.165, 1.54) is 57.8 Å². The van der Waals surface area contributed by atoms with Crippen molar-refractivity contribution in [2.75, 3.05) is 0 Å². The summed E-state index contributed by atoms with van der Waals surface area (Å²) in [4.78, 5) is 11.3. The van der Waals surface area contributed by atoms with Gasteiger partial charge in [-0.3, -0.25) is 0 Å². The van der Waals surface area contributed by atoms with Crippen molar-refractivity contribution in [1.82, 2.24) is 0 Å². The fraction of sp³-hybridized carbons (Fsp3) is 0.950. The van der Waals surface area contributed by atoms with E-state index in [4.69, 9.17) is 4.43 Å². The molecule has 0 heterocycles. The Labute approximate surface area is 146 Å². The fourth-order valence-corrected chi connectivity index (χ4v) is 3.83. The Morgan fingerprint density at radius 3 is 1.70 bits per heavy atom. The second-order valence-corrected chi connectivity index (χ2v) is 13.3. The van der Waals surface area contributed by atoms with Crippen LogP contribution in [0.25, 0.3) is 0 Å². The van der Waals surface area contributed by atoms with Crippen LogP contribution in [0, 0.1) is 0 Å². The highest BCUT2D eigenvalue weighted by atomic mass is 28.4. The van der Waals surface area contributed by atoms with E-state index < -0.39 is 8.32 Å². The van der Waals surface area contributed by atoms with Crippen LogP contribution in [0.3, 0.4) is 0 Å². The van der Waals surface area contributed by atoms with Gasteiger partial charge in [0, 0.05) is 0 Å². The zero-order valence-electron chi connectivity index (χ0n) is 16.7. The molecule has 0 aliphatic carbocycles. The lowest BCUT2D eigenvalue weighted by Gasteiger charge is -2.38. The zero-order chi connectivity index (χ0) is 17.8. The number of carbonyl (C=O) groups is 1. The van der Waals surface area contributed by atoms with E-state index in [0.717, 1.165) is 19.1 Å². The Morgan fingerprint density at radius 2 is 1.30 bits per heavy atom. The van der Waals surface area contributed by atoms with Crippen LogP contribution < -0.4 is 0 Å². The summed E-state index contributed by atoms with van der Waals surface area (Å²) in [6, 6.07) is 0. The lowest BCUT2D eigenvalue weighted by molar-refractivity contribution is -0.114. The van der Waals surface area contributed by atoms with Crippen molar-refractivity contribution in [2.45, 2.75) is 123 Å². The number of hydrogen-bond acceptors (Lipinski definition) is 2. The minimum Gasteiger partial charge on any atom is -0.407 e. The molecule has 0 N–H and O–H groups in total. The molecule has 0 bridgehead atoms. The Morgan fingerprint density at radius 1 is 0.870 bits per heavy atom. The topological polar surface area (TPSA) is 26.3 Å². The third kappa shape index (κ3) is 11.1. The second-order valence-electron chi connectivity index (χ2n) is 8.52. The fourth-order valence-electron chi connectivity index (χ4n) is 2.54. The molecule has 0 aromatic rings. The molecule has 0 unspecified atom stereocenters. The quantitative estimate of drug-likeness (QED) is 0.195. The normalized spacial score (nSPS) is 14.0. The van der Waals surface area contributed by atoms with Crippen LogP contribution in [0.15, 0.2) is 0 Å². The molecule has 0 spiro atoms. The van der Waals surface area contributed by atoms with Crippen LogP contribution >= 0.6 is 0 Å². The third-order valence-corrected chi connectivity index (χ3v) is 9.75. The summed E-state index contributed by atoms with van der Waals surface area (Å²) in [6.45, 7) is 13.4. The summed E-state index contributed by atoms with van der Waals surface area (Å²) in [6.07, 6.45) is 15.0. The zero-order valence-corrected chi connectivity index (χ0v) is 17.7. The van der Waals surface area contributed by atoms with E-state index in [-0.39, 0.29) is 11.1 Å². The predicted octanol–water partition coefficient (Wildman–Crippen LogP) is 6.89. The van der Waals surface area contributed by atoms with Gasteiger partial charge in [0.15, 0.2) is 8.32 Å². The predicted molar refractivity (Wildman–Crippen MR) is 105 cm³/mol. The largest absolute Gasteiger partial charge is 0.407 e. The van der Waals surface area contributed by atoms with Crippen LogP contribution in [-0.4, -0.2) is 20.7 Å². The smallest absolute Gasteiger partial charge is 0.193 e. The molecule has 0 saturated heterocycles. The van der Waals surface area contributed by atoms with Gasteiger partial charge in [-0.25, -0.2) is 0 Å². The highest BCUT2D eigenvalue weighted by Gasteiger charge is 2.38. The lowest BCUT2D eigenvalue weighted by atomic mass is 10.0. The molecule has 23 heavy (non-hydrogen) atoms. The summed E-state index contributed by atoms with van der Waals surface area (Å²) in [5.74, 6) is 0. The summed E-state index contributed by atoms with van der Waals surface area (Å²) in [5.41, 5.74) is 0. The maximum absolute atomic E-state index is 11.3. The summed E-state index contributed by atoms with van der Waals surface area (Å²) >= 11 is 0.